The first-order valence-electron chi connectivity index (χ1n) is 6.96. The molecule has 0 amide bonds. The Morgan fingerprint density at radius 3 is 2.85 bits per heavy atom. The number of benzene rings is 1. The van der Waals surface area contributed by atoms with Gasteiger partial charge < -0.3 is 10.1 Å². The molecule has 1 aromatic carbocycles. The maximum absolute atomic E-state index is 11.0. The predicted molar refractivity (Wildman–Crippen MR) is 78.2 cm³/mol. The summed E-state index contributed by atoms with van der Waals surface area (Å²) in [5, 5.41) is 14.2. The van der Waals surface area contributed by atoms with Gasteiger partial charge in [0.15, 0.2) is 0 Å². The number of nitrogens with zero attached hydrogens (tertiary/aromatic N) is 2. The van der Waals surface area contributed by atoms with Crippen molar-refractivity contribution in [2.45, 2.75) is 13.3 Å². The average Bonchev–Trinajstić information content (AvgIpc) is 2.45. The Kier molecular flexibility index (Phi) is 5.31. The molecule has 110 valence electrons. The minimum atomic E-state index is -0.336. The molecule has 1 aliphatic rings. The van der Waals surface area contributed by atoms with E-state index in [4.69, 9.17) is 4.74 Å². The standard InChI is InChI=1S/C14H21N3O3/c1-12-3-4-13(14(11-12)17(18)19)15-5-2-6-16-7-9-20-10-8-16/h3-4,11,15H,2,5-10H2,1H3. The topological polar surface area (TPSA) is 67.6 Å². The largest absolute Gasteiger partial charge is 0.379 e. The third-order valence-electron chi connectivity index (χ3n) is 3.42. The minimum Gasteiger partial charge on any atom is -0.379 e. The Bertz CT molecular complexity index is 459. The van der Waals surface area contributed by atoms with Crippen molar-refractivity contribution in [1.82, 2.24) is 4.90 Å². The Balaban J connectivity index is 1.80. The quantitative estimate of drug-likeness (QED) is 0.490. The van der Waals surface area contributed by atoms with Crippen molar-refractivity contribution < 1.29 is 9.66 Å². The van der Waals surface area contributed by atoms with Crippen LogP contribution in [0, 0.1) is 17.0 Å². The van der Waals surface area contributed by atoms with Gasteiger partial charge in [-0.05, 0) is 31.5 Å². The second kappa shape index (κ2) is 7.21. The van der Waals surface area contributed by atoms with Crippen LogP contribution in [0.15, 0.2) is 18.2 Å². The van der Waals surface area contributed by atoms with E-state index in [0.717, 1.165) is 51.4 Å². The second-order valence-corrected chi connectivity index (χ2v) is 5.01. The fourth-order valence-electron chi connectivity index (χ4n) is 2.29. The molecule has 2 rings (SSSR count). The van der Waals surface area contributed by atoms with Gasteiger partial charge in [-0.1, -0.05) is 6.07 Å². The van der Waals surface area contributed by atoms with Crippen LogP contribution in [-0.4, -0.2) is 49.2 Å². The van der Waals surface area contributed by atoms with Crippen molar-refractivity contribution in [1.29, 1.82) is 0 Å². The third-order valence-corrected chi connectivity index (χ3v) is 3.42. The highest BCUT2D eigenvalue weighted by Gasteiger charge is 2.13. The Morgan fingerprint density at radius 2 is 2.15 bits per heavy atom. The molecule has 0 aliphatic carbocycles. The number of rotatable bonds is 6. The van der Waals surface area contributed by atoms with E-state index in [1.54, 1.807) is 12.1 Å². The first kappa shape index (κ1) is 14.7. The summed E-state index contributed by atoms with van der Waals surface area (Å²) in [6.07, 6.45) is 0.963. The van der Waals surface area contributed by atoms with Crippen LogP contribution in [0.1, 0.15) is 12.0 Å². The van der Waals surface area contributed by atoms with Gasteiger partial charge in [-0.15, -0.1) is 0 Å². The number of morpholine rings is 1. The van der Waals surface area contributed by atoms with Crippen molar-refractivity contribution in [3.8, 4) is 0 Å². The van der Waals surface area contributed by atoms with Gasteiger partial charge in [-0.25, -0.2) is 0 Å². The SMILES string of the molecule is Cc1ccc(NCCCN2CCOCC2)c([N+](=O)[O-])c1. The molecule has 0 bridgehead atoms. The fraction of sp³-hybridized carbons (Fsp3) is 0.571. The van der Waals surface area contributed by atoms with Crippen molar-refractivity contribution in [2.75, 3.05) is 44.7 Å². The molecule has 1 fully saturated rings. The summed E-state index contributed by atoms with van der Waals surface area (Å²) in [5.74, 6) is 0. The summed E-state index contributed by atoms with van der Waals surface area (Å²) in [6.45, 7) is 7.15. The smallest absolute Gasteiger partial charge is 0.292 e. The van der Waals surface area contributed by atoms with Crippen LogP contribution in [0.5, 0.6) is 0 Å². The summed E-state index contributed by atoms with van der Waals surface area (Å²) in [6, 6.07) is 5.27. The Labute approximate surface area is 118 Å². The van der Waals surface area contributed by atoms with Crippen molar-refractivity contribution in [3.05, 3.63) is 33.9 Å². The maximum Gasteiger partial charge on any atom is 0.292 e. The zero-order valence-electron chi connectivity index (χ0n) is 11.8. The Hall–Kier alpha value is -1.66. The van der Waals surface area contributed by atoms with Gasteiger partial charge in [0, 0.05) is 25.7 Å². The van der Waals surface area contributed by atoms with Gasteiger partial charge >= 0.3 is 0 Å². The average molecular weight is 279 g/mol. The lowest BCUT2D eigenvalue weighted by Gasteiger charge is -2.26. The molecule has 1 saturated heterocycles. The van der Waals surface area contributed by atoms with E-state index in [0.29, 0.717) is 5.69 Å². The van der Waals surface area contributed by atoms with Crippen LogP contribution in [0.4, 0.5) is 11.4 Å². The van der Waals surface area contributed by atoms with Gasteiger partial charge in [0.25, 0.3) is 5.69 Å². The first-order chi connectivity index (χ1) is 9.66. The molecule has 6 heteroatoms. The molecule has 1 N–H and O–H groups in total. The molecule has 20 heavy (non-hydrogen) atoms. The molecule has 0 aromatic heterocycles. The van der Waals surface area contributed by atoms with Crippen LogP contribution in [0.25, 0.3) is 0 Å². The van der Waals surface area contributed by atoms with Gasteiger partial charge in [-0.2, -0.15) is 0 Å². The first-order valence-corrected chi connectivity index (χ1v) is 6.96. The lowest BCUT2D eigenvalue weighted by Crippen LogP contribution is -2.37. The van der Waals surface area contributed by atoms with Gasteiger partial charge in [0.1, 0.15) is 5.69 Å². The van der Waals surface area contributed by atoms with Crippen molar-refractivity contribution in [2.24, 2.45) is 0 Å². The van der Waals surface area contributed by atoms with Crippen LogP contribution < -0.4 is 5.32 Å². The number of nitro benzene ring substituents is 1. The monoisotopic (exact) mass is 279 g/mol. The van der Waals surface area contributed by atoms with E-state index in [1.165, 1.54) is 0 Å². The molecule has 0 spiro atoms. The van der Waals surface area contributed by atoms with Gasteiger partial charge in [-0.3, -0.25) is 15.0 Å². The van der Waals surface area contributed by atoms with Crippen LogP contribution in [-0.2, 0) is 4.74 Å². The molecule has 1 heterocycles. The molecule has 0 saturated carbocycles. The lowest BCUT2D eigenvalue weighted by molar-refractivity contribution is -0.384. The highest BCUT2D eigenvalue weighted by atomic mass is 16.6. The summed E-state index contributed by atoms with van der Waals surface area (Å²) in [7, 11) is 0. The fourth-order valence-corrected chi connectivity index (χ4v) is 2.29. The van der Waals surface area contributed by atoms with E-state index in [9.17, 15) is 10.1 Å². The number of nitro groups is 1. The zero-order chi connectivity index (χ0) is 14.4. The van der Waals surface area contributed by atoms with Gasteiger partial charge in [0.2, 0.25) is 0 Å². The van der Waals surface area contributed by atoms with E-state index in [1.807, 2.05) is 13.0 Å². The predicted octanol–water partition coefficient (Wildman–Crippen LogP) is 2.04. The molecule has 0 unspecified atom stereocenters. The number of nitrogens with one attached hydrogen (secondary N) is 1. The van der Waals surface area contributed by atoms with E-state index in [-0.39, 0.29) is 10.6 Å². The number of aryl methyl sites for hydroxylation is 1. The zero-order valence-corrected chi connectivity index (χ0v) is 11.8. The van der Waals surface area contributed by atoms with Crippen LogP contribution >= 0.6 is 0 Å². The highest BCUT2D eigenvalue weighted by Crippen LogP contribution is 2.25. The molecule has 1 aliphatic heterocycles. The molecule has 1 aromatic rings. The van der Waals surface area contributed by atoms with E-state index >= 15 is 0 Å². The molecule has 0 atom stereocenters. The van der Waals surface area contributed by atoms with Crippen LogP contribution in [0.2, 0.25) is 0 Å². The summed E-state index contributed by atoms with van der Waals surface area (Å²) < 4.78 is 5.30. The van der Waals surface area contributed by atoms with Gasteiger partial charge in [0.05, 0.1) is 18.1 Å². The maximum atomic E-state index is 11.0. The normalized spacial score (nSPS) is 16.1. The second-order valence-electron chi connectivity index (χ2n) is 5.01. The summed E-state index contributed by atoms with van der Waals surface area (Å²) >= 11 is 0. The third kappa shape index (κ3) is 4.18. The molecular weight excluding hydrogens is 258 g/mol. The summed E-state index contributed by atoms with van der Waals surface area (Å²) in [4.78, 5) is 13.0. The number of hydrogen-bond donors (Lipinski definition) is 1. The van der Waals surface area contributed by atoms with E-state index in [2.05, 4.69) is 10.2 Å². The molecular formula is C14H21N3O3. The van der Waals surface area contributed by atoms with E-state index < -0.39 is 0 Å². The summed E-state index contributed by atoms with van der Waals surface area (Å²) in [5.41, 5.74) is 1.65. The number of hydrogen-bond acceptors (Lipinski definition) is 5. The van der Waals surface area contributed by atoms with Crippen molar-refractivity contribution in [3.63, 3.8) is 0 Å². The van der Waals surface area contributed by atoms with Crippen molar-refractivity contribution >= 4 is 11.4 Å². The number of ether oxygens (including phenoxy) is 1. The van der Waals surface area contributed by atoms with Crippen LogP contribution in [0.3, 0.4) is 0 Å². The minimum absolute atomic E-state index is 0.149. The lowest BCUT2D eigenvalue weighted by atomic mass is 10.2. The highest BCUT2D eigenvalue weighted by molar-refractivity contribution is 5.62. The molecule has 0 radical (unpaired) electrons. The molecule has 6 nitrogen and oxygen atoms in total. The Morgan fingerprint density at radius 1 is 1.40 bits per heavy atom. The number of anilines is 1.